The number of rotatable bonds is 1. The van der Waals surface area contributed by atoms with Crippen molar-refractivity contribution in [2.75, 3.05) is 0 Å². The summed E-state index contributed by atoms with van der Waals surface area (Å²) in [7, 11) is 0. The Morgan fingerprint density at radius 3 is 1.88 bits per heavy atom. The summed E-state index contributed by atoms with van der Waals surface area (Å²) in [5.41, 5.74) is -2.58. The average molecular weight is 321 g/mol. The molecule has 0 unspecified atom stereocenters. The Morgan fingerprint density at radius 2 is 1.53 bits per heavy atom. The van der Waals surface area contributed by atoms with Gasteiger partial charge in [0.1, 0.15) is 0 Å². The van der Waals surface area contributed by atoms with Gasteiger partial charge in [0.05, 0.1) is 11.1 Å². The predicted octanol–water partition coefficient (Wildman–Crippen LogP) is 5.18. The van der Waals surface area contributed by atoms with Gasteiger partial charge in [0.25, 0.3) is 0 Å². The average Bonchev–Trinajstić information content (AvgIpc) is 2.14. The molecule has 0 bridgehead atoms. The summed E-state index contributed by atoms with van der Waals surface area (Å²) < 4.78 is 74.7. The van der Waals surface area contributed by atoms with Gasteiger partial charge in [-0.05, 0) is 30.7 Å². The summed E-state index contributed by atoms with van der Waals surface area (Å²) in [6, 6.07) is 1.40. The minimum Gasteiger partial charge on any atom is -0.166 e. The molecule has 1 aromatic rings. The second-order valence-electron chi connectivity index (χ2n) is 3.41. The van der Waals surface area contributed by atoms with Gasteiger partial charge in [-0.3, -0.25) is 0 Å². The van der Waals surface area contributed by atoms with Crippen LogP contribution in [0.2, 0.25) is 0 Å². The van der Waals surface area contributed by atoms with E-state index in [4.69, 9.17) is 0 Å². The highest BCUT2D eigenvalue weighted by atomic mass is 79.9. The van der Waals surface area contributed by atoms with E-state index in [0.29, 0.717) is 18.2 Å². The summed E-state index contributed by atoms with van der Waals surface area (Å²) >= 11 is 2.86. The molecule has 0 N–H and O–H groups in total. The van der Waals surface area contributed by atoms with Crippen LogP contribution in [0.15, 0.2) is 18.2 Å². The number of hydrogen-bond donors (Lipinski definition) is 0. The molecule has 0 spiro atoms. The standard InChI is InChI=1S/C10H7BrF6/c1-5(11)7-4-6(9(12,13)14)2-3-8(7)10(15,16)17/h2-5H,1H3/t5-/m1/s1. The van der Waals surface area contributed by atoms with Crippen molar-refractivity contribution in [2.24, 2.45) is 0 Å². The van der Waals surface area contributed by atoms with Crippen molar-refractivity contribution in [3.05, 3.63) is 34.9 Å². The van der Waals surface area contributed by atoms with E-state index < -0.39 is 33.9 Å². The molecule has 0 aromatic heterocycles. The van der Waals surface area contributed by atoms with Crippen molar-refractivity contribution >= 4 is 15.9 Å². The maximum atomic E-state index is 12.5. The normalized spacial score (nSPS) is 14.8. The predicted molar refractivity (Wildman–Crippen MR) is 53.8 cm³/mol. The molecule has 0 saturated heterocycles. The molecule has 0 aliphatic carbocycles. The van der Waals surface area contributed by atoms with Crippen LogP contribution in [0, 0.1) is 0 Å². The second kappa shape index (κ2) is 4.51. The fourth-order valence-electron chi connectivity index (χ4n) is 1.33. The molecule has 7 heteroatoms. The Balaban J connectivity index is 3.38. The minimum absolute atomic E-state index is 0.424. The molecule has 1 rings (SSSR count). The molecule has 0 heterocycles. The molecule has 0 saturated carbocycles. The molecule has 0 radical (unpaired) electrons. The van der Waals surface area contributed by atoms with E-state index in [-0.39, 0.29) is 0 Å². The van der Waals surface area contributed by atoms with Crippen molar-refractivity contribution in [1.29, 1.82) is 0 Å². The molecule has 0 amide bonds. The topological polar surface area (TPSA) is 0 Å². The van der Waals surface area contributed by atoms with E-state index >= 15 is 0 Å². The van der Waals surface area contributed by atoms with Gasteiger partial charge in [-0.1, -0.05) is 15.9 Å². The van der Waals surface area contributed by atoms with Crippen LogP contribution in [0.4, 0.5) is 26.3 Å². The number of halogens is 7. The van der Waals surface area contributed by atoms with Crippen LogP contribution in [0.5, 0.6) is 0 Å². The fourth-order valence-corrected chi connectivity index (χ4v) is 1.71. The van der Waals surface area contributed by atoms with Gasteiger partial charge in [0, 0.05) is 4.83 Å². The van der Waals surface area contributed by atoms with E-state index in [1.54, 1.807) is 0 Å². The largest absolute Gasteiger partial charge is 0.416 e. The summed E-state index contributed by atoms with van der Waals surface area (Å²) in [6.45, 7) is 1.34. The van der Waals surface area contributed by atoms with E-state index in [9.17, 15) is 26.3 Å². The minimum atomic E-state index is -4.67. The molecule has 1 aromatic carbocycles. The molecule has 0 nitrogen and oxygen atoms in total. The Morgan fingerprint density at radius 1 is 1.00 bits per heavy atom. The first-order valence-electron chi connectivity index (χ1n) is 4.46. The van der Waals surface area contributed by atoms with Gasteiger partial charge >= 0.3 is 12.4 Å². The van der Waals surface area contributed by atoms with Crippen molar-refractivity contribution in [1.82, 2.24) is 0 Å². The Labute approximate surface area is 102 Å². The van der Waals surface area contributed by atoms with Crippen LogP contribution in [0.1, 0.15) is 28.4 Å². The first kappa shape index (κ1) is 14.3. The molecular weight excluding hydrogens is 314 g/mol. The first-order chi connectivity index (χ1) is 7.53. The van der Waals surface area contributed by atoms with Crippen molar-refractivity contribution in [3.63, 3.8) is 0 Å². The highest BCUT2D eigenvalue weighted by Gasteiger charge is 2.37. The summed E-state index contributed by atoms with van der Waals surface area (Å²) in [4.78, 5) is -0.818. The zero-order valence-electron chi connectivity index (χ0n) is 8.46. The quantitative estimate of drug-likeness (QED) is 0.494. The zero-order chi connectivity index (χ0) is 13.4. The number of benzene rings is 1. The summed E-state index contributed by atoms with van der Waals surface area (Å²) in [5.74, 6) is 0. The van der Waals surface area contributed by atoms with Gasteiger partial charge in [-0.2, -0.15) is 26.3 Å². The Hall–Kier alpha value is -0.720. The van der Waals surface area contributed by atoms with Gasteiger partial charge in [0.2, 0.25) is 0 Å². The molecule has 0 fully saturated rings. The maximum absolute atomic E-state index is 12.5. The zero-order valence-corrected chi connectivity index (χ0v) is 10.0. The molecule has 0 aliphatic rings. The monoisotopic (exact) mass is 320 g/mol. The molecule has 96 valence electrons. The molecule has 17 heavy (non-hydrogen) atoms. The van der Waals surface area contributed by atoms with Gasteiger partial charge in [-0.15, -0.1) is 0 Å². The third kappa shape index (κ3) is 3.37. The van der Waals surface area contributed by atoms with Crippen LogP contribution in [-0.2, 0) is 12.4 Å². The number of hydrogen-bond acceptors (Lipinski definition) is 0. The van der Waals surface area contributed by atoms with Crippen LogP contribution < -0.4 is 0 Å². The van der Waals surface area contributed by atoms with Crippen LogP contribution in [0.25, 0.3) is 0 Å². The summed E-state index contributed by atoms with van der Waals surface area (Å²) in [5, 5.41) is 0. The highest BCUT2D eigenvalue weighted by molar-refractivity contribution is 9.09. The van der Waals surface area contributed by atoms with Crippen LogP contribution >= 0.6 is 15.9 Å². The van der Waals surface area contributed by atoms with E-state index in [1.165, 1.54) is 6.92 Å². The second-order valence-corrected chi connectivity index (χ2v) is 4.79. The Bertz CT molecular complexity index is 404. The van der Waals surface area contributed by atoms with Crippen molar-refractivity contribution < 1.29 is 26.3 Å². The third-order valence-electron chi connectivity index (χ3n) is 2.11. The lowest BCUT2D eigenvalue weighted by Crippen LogP contribution is -2.12. The van der Waals surface area contributed by atoms with E-state index in [0.717, 1.165) is 0 Å². The SMILES string of the molecule is C[C@@H](Br)c1cc(C(F)(F)F)ccc1C(F)(F)F. The van der Waals surface area contributed by atoms with Crippen molar-refractivity contribution in [3.8, 4) is 0 Å². The fraction of sp³-hybridized carbons (Fsp3) is 0.400. The number of alkyl halides is 7. The van der Waals surface area contributed by atoms with E-state index in [1.807, 2.05) is 0 Å². The first-order valence-corrected chi connectivity index (χ1v) is 5.37. The third-order valence-corrected chi connectivity index (χ3v) is 2.61. The molecule has 0 aliphatic heterocycles. The van der Waals surface area contributed by atoms with Gasteiger partial charge in [0.15, 0.2) is 0 Å². The lowest BCUT2D eigenvalue weighted by Gasteiger charge is -2.17. The van der Waals surface area contributed by atoms with E-state index in [2.05, 4.69) is 15.9 Å². The van der Waals surface area contributed by atoms with Crippen LogP contribution in [-0.4, -0.2) is 0 Å². The molecule has 1 atom stereocenters. The van der Waals surface area contributed by atoms with Crippen LogP contribution in [0.3, 0.4) is 0 Å². The Kier molecular flexibility index (Phi) is 3.81. The van der Waals surface area contributed by atoms with Gasteiger partial charge in [-0.25, -0.2) is 0 Å². The highest BCUT2D eigenvalue weighted by Crippen LogP contribution is 2.40. The lowest BCUT2D eigenvalue weighted by molar-refractivity contribution is -0.141. The smallest absolute Gasteiger partial charge is 0.166 e. The maximum Gasteiger partial charge on any atom is 0.416 e. The summed E-state index contributed by atoms with van der Waals surface area (Å²) in [6.07, 6.45) is -9.32. The lowest BCUT2D eigenvalue weighted by atomic mass is 10.0. The van der Waals surface area contributed by atoms with Gasteiger partial charge < -0.3 is 0 Å². The molecular formula is C10H7BrF6. The van der Waals surface area contributed by atoms with Crippen molar-refractivity contribution in [2.45, 2.75) is 24.1 Å².